The lowest BCUT2D eigenvalue weighted by Gasteiger charge is -2.22. The van der Waals surface area contributed by atoms with E-state index in [-0.39, 0.29) is 30.5 Å². The van der Waals surface area contributed by atoms with Crippen LogP contribution >= 0.6 is 0 Å². The Morgan fingerprint density at radius 2 is 1.93 bits per heavy atom. The molecule has 8 nitrogen and oxygen atoms in total. The second kappa shape index (κ2) is 10.5. The molecule has 2 rings (SSSR count). The van der Waals surface area contributed by atoms with Gasteiger partial charge < -0.3 is 23.8 Å². The first-order chi connectivity index (χ1) is 13.5. The molecular weight excluding hydrogens is 362 g/mol. The van der Waals surface area contributed by atoms with Gasteiger partial charge in [0.25, 0.3) is 5.91 Å². The summed E-state index contributed by atoms with van der Waals surface area (Å²) in [7, 11) is 4.87. The van der Waals surface area contributed by atoms with Crippen LogP contribution in [0.25, 0.3) is 11.3 Å². The Balaban J connectivity index is 2.15. The van der Waals surface area contributed by atoms with Gasteiger partial charge >= 0.3 is 0 Å². The van der Waals surface area contributed by atoms with Crippen LogP contribution in [-0.2, 0) is 9.53 Å². The second-order valence-corrected chi connectivity index (χ2v) is 6.22. The lowest BCUT2D eigenvalue weighted by molar-refractivity contribution is -0.129. The molecule has 0 N–H and O–H groups in total. The van der Waals surface area contributed by atoms with E-state index in [0.717, 1.165) is 0 Å². The van der Waals surface area contributed by atoms with Crippen molar-refractivity contribution in [3.8, 4) is 17.1 Å². The number of carbonyl (C=O) groups is 2. The highest BCUT2D eigenvalue weighted by Gasteiger charge is 2.22. The minimum Gasteiger partial charge on any atom is -0.496 e. The van der Waals surface area contributed by atoms with E-state index < -0.39 is 0 Å². The third kappa shape index (κ3) is 5.32. The number of hydrogen-bond acceptors (Lipinski definition) is 6. The molecule has 152 valence electrons. The van der Waals surface area contributed by atoms with Crippen molar-refractivity contribution in [3.05, 3.63) is 36.0 Å². The van der Waals surface area contributed by atoms with Crippen molar-refractivity contribution in [1.82, 2.24) is 15.0 Å². The maximum absolute atomic E-state index is 12.9. The van der Waals surface area contributed by atoms with Crippen LogP contribution in [0.2, 0.25) is 0 Å². The van der Waals surface area contributed by atoms with Gasteiger partial charge in [0.1, 0.15) is 5.75 Å². The summed E-state index contributed by atoms with van der Waals surface area (Å²) in [5, 5.41) is 3.92. The van der Waals surface area contributed by atoms with E-state index in [0.29, 0.717) is 36.8 Å². The Labute approximate surface area is 165 Å². The van der Waals surface area contributed by atoms with E-state index in [1.54, 1.807) is 43.2 Å². The van der Waals surface area contributed by atoms with Gasteiger partial charge in [0.15, 0.2) is 11.5 Å². The van der Waals surface area contributed by atoms with Crippen LogP contribution in [0.3, 0.4) is 0 Å². The number of carbonyl (C=O) groups excluding carboxylic acids is 2. The Hall–Kier alpha value is -2.87. The standard InChI is InChI=1S/C20H27N3O5/c1-5-22(2)19(24)10-11-23(12-13-26-3)20(25)16-14-18(28-21-16)15-8-6-7-9-17(15)27-4/h6-9,14H,5,10-13H2,1-4H3. The molecule has 0 bridgehead atoms. The largest absolute Gasteiger partial charge is 0.496 e. The number of amides is 2. The molecule has 0 aliphatic carbocycles. The van der Waals surface area contributed by atoms with Gasteiger partial charge in [-0.15, -0.1) is 0 Å². The van der Waals surface area contributed by atoms with Crippen molar-refractivity contribution in [2.24, 2.45) is 0 Å². The first-order valence-corrected chi connectivity index (χ1v) is 9.14. The molecule has 0 aliphatic heterocycles. The zero-order chi connectivity index (χ0) is 20.5. The van der Waals surface area contributed by atoms with Gasteiger partial charge in [0, 0.05) is 46.3 Å². The highest BCUT2D eigenvalue weighted by molar-refractivity contribution is 5.93. The summed E-state index contributed by atoms with van der Waals surface area (Å²) in [4.78, 5) is 28.1. The fourth-order valence-corrected chi connectivity index (χ4v) is 2.63. The summed E-state index contributed by atoms with van der Waals surface area (Å²) < 4.78 is 15.8. The van der Waals surface area contributed by atoms with Gasteiger partial charge in [0.2, 0.25) is 5.91 Å². The summed E-state index contributed by atoms with van der Waals surface area (Å²) in [6, 6.07) is 8.92. The maximum atomic E-state index is 12.9. The fourth-order valence-electron chi connectivity index (χ4n) is 2.63. The molecule has 2 aromatic rings. The molecule has 8 heteroatoms. The molecule has 28 heavy (non-hydrogen) atoms. The summed E-state index contributed by atoms with van der Waals surface area (Å²) >= 11 is 0. The maximum Gasteiger partial charge on any atom is 0.276 e. The summed E-state index contributed by atoms with van der Waals surface area (Å²) in [5.74, 6) is 0.734. The van der Waals surface area contributed by atoms with Crippen molar-refractivity contribution in [2.75, 3.05) is 47.5 Å². The van der Waals surface area contributed by atoms with Crippen LogP contribution in [-0.4, -0.2) is 74.3 Å². The zero-order valence-corrected chi connectivity index (χ0v) is 16.8. The Bertz CT molecular complexity index is 790. The molecule has 0 atom stereocenters. The summed E-state index contributed by atoms with van der Waals surface area (Å²) in [6.07, 6.45) is 0.233. The normalized spacial score (nSPS) is 10.6. The monoisotopic (exact) mass is 389 g/mol. The number of ether oxygens (including phenoxy) is 2. The van der Waals surface area contributed by atoms with Crippen molar-refractivity contribution in [2.45, 2.75) is 13.3 Å². The van der Waals surface area contributed by atoms with Crippen LogP contribution in [0.5, 0.6) is 5.75 Å². The number of hydrogen-bond donors (Lipinski definition) is 0. The van der Waals surface area contributed by atoms with Gasteiger partial charge in [-0.1, -0.05) is 17.3 Å². The molecule has 0 radical (unpaired) electrons. The van der Waals surface area contributed by atoms with Crippen LogP contribution in [0.4, 0.5) is 0 Å². The van der Waals surface area contributed by atoms with Crippen molar-refractivity contribution in [1.29, 1.82) is 0 Å². The lowest BCUT2D eigenvalue weighted by Crippen LogP contribution is -2.38. The zero-order valence-electron chi connectivity index (χ0n) is 16.8. The quantitative estimate of drug-likeness (QED) is 0.620. The third-order valence-electron chi connectivity index (χ3n) is 4.45. The van der Waals surface area contributed by atoms with E-state index in [1.807, 2.05) is 25.1 Å². The SMILES string of the molecule is CCN(C)C(=O)CCN(CCOC)C(=O)c1cc(-c2ccccc2OC)on1. The van der Waals surface area contributed by atoms with Crippen LogP contribution in [0.1, 0.15) is 23.8 Å². The Morgan fingerprint density at radius 3 is 2.61 bits per heavy atom. The number of benzene rings is 1. The van der Waals surface area contributed by atoms with Crippen LogP contribution < -0.4 is 4.74 Å². The van der Waals surface area contributed by atoms with Gasteiger partial charge in [-0.25, -0.2) is 0 Å². The second-order valence-electron chi connectivity index (χ2n) is 6.22. The third-order valence-corrected chi connectivity index (χ3v) is 4.45. The highest BCUT2D eigenvalue weighted by atomic mass is 16.5. The van der Waals surface area contributed by atoms with E-state index in [2.05, 4.69) is 5.16 Å². The van der Waals surface area contributed by atoms with E-state index >= 15 is 0 Å². The number of aromatic nitrogens is 1. The Morgan fingerprint density at radius 1 is 1.18 bits per heavy atom. The van der Waals surface area contributed by atoms with Crippen molar-refractivity contribution >= 4 is 11.8 Å². The topological polar surface area (TPSA) is 85.1 Å². The number of methoxy groups -OCH3 is 2. The predicted octanol–water partition coefficient (Wildman–Crippen LogP) is 2.31. The summed E-state index contributed by atoms with van der Waals surface area (Å²) in [6.45, 7) is 3.52. The number of nitrogens with zero attached hydrogens (tertiary/aromatic N) is 3. The molecule has 2 amide bonds. The average molecular weight is 389 g/mol. The number of para-hydroxylation sites is 1. The van der Waals surface area contributed by atoms with Crippen LogP contribution in [0, 0.1) is 0 Å². The molecule has 0 spiro atoms. The van der Waals surface area contributed by atoms with E-state index in [4.69, 9.17) is 14.0 Å². The minimum atomic E-state index is -0.311. The lowest BCUT2D eigenvalue weighted by atomic mass is 10.1. The first kappa shape index (κ1) is 21.4. The van der Waals surface area contributed by atoms with Crippen molar-refractivity contribution in [3.63, 3.8) is 0 Å². The van der Waals surface area contributed by atoms with Gasteiger partial charge in [0.05, 0.1) is 19.3 Å². The molecular formula is C20H27N3O5. The molecule has 0 saturated heterocycles. The molecule has 0 unspecified atom stereocenters. The Kier molecular flexibility index (Phi) is 8.01. The molecule has 0 fully saturated rings. The van der Waals surface area contributed by atoms with Gasteiger partial charge in [-0.05, 0) is 19.1 Å². The molecule has 1 heterocycles. The van der Waals surface area contributed by atoms with E-state index in [1.165, 1.54) is 0 Å². The fraction of sp³-hybridized carbons (Fsp3) is 0.450. The summed E-state index contributed by atoms with van der Waals surface area (Å²) in [5.41, 5.74) is 0.882. The molecule has 0 aliphatic rings. The van der Waals surface area contributed by atoms with Gasteiger partial charge in [-0.2, -0.15) is 0 Å². The predicted molar refractivity (Wildman–Crippen MR) is 104 cm³/mol. The molecule has 0 saturated carbocycles. The average Bonchev–Trinajstić information content (AvgIpc) is 3.22. The van der Waals surface area contributed by atoms with Crippen molar-refractivity contribution < 1.29 is 23.6 Å². The smallest absolute Gasteiger partial charge is 0.276 e. The highest BCUT2D eigenvalue weighted by Crippen LogP contribution is 2.30. The van der Waals surface area contributed by atoms with Crippen LogP contribution in [0.15, 0.2) is 34.9 Å². The molecule has 1 aromatic carbocycles. The first-order valence-electron chi connectivity index (χ1n) is 9.14. The van der Waals surface area contributed by atoms with E-state index in [9.17, 15) is 9.59 Å². The minimum absolute atomic E-state index is 0.0208. The molecule has 1 aromatic heterocycles. The number of rotatable bonds is 10. The van der Waals surface area contributed by atoms with Gasteiger partial charge in [-0.3, -0.25) is 9.59 Å².